The van der Waals surface area contributed by atoms with E-state index in [1.54, 1.807) is 0 Å². The van der Waals surface area contributed by atoms with Gasteiger partial charge in [0.1, 0.15) is 11.2 Å². The lowest BCUT2D eigenvalue weighted by molar-refractivity contribution is 0.386. The number of hydrogen-bond donors (Lipinski definition) is 3. The van der Waals surface area contributed by atoms with Gasteiger partial charge in [0, 0.05) is 50.0 Å². The van der Waals surface area contributed by atoms with E-state index in [-0.39, 0.29) is 17.4 Å². The van der Waals surface area contributed by atoms with Crippen molar-refractivity contribution in [3.8, 4) is 11.3 Å². The van der Waals surface area contributed by atoms with Gasteiger partial charge in [-0.1, -0.05) is 0 Å². The number of nitrogens with zero attached hydrogens (tertiary/aromatic N) is 5. The van der Waals surface area contributed by atoms with E-state index in [9.17, 15) is 4.79 Å². The molecule has 3 aromatic heterocycles. The van der Waals surface area contributed by atoms with Crippen molar-refractivity contribution in [3.63, 3.8) is 0 Å². The molecule has 9 heteroatoms. The summed E-state index contributed by atoms with van der Waals surface area (Å²) in [5.74, 6) is 2.59. The molecule has 0 bridgehead atoms. The lowest BCUT2D eigenvalue weighted by atomic mass is 10.0. The van der Waals surface area contributed by atoms with Gasteiger partial charge in [-0.25, -0.2) is 0 Å². The number of hydrogen-bond acceptors (Lipinski definition) is 6. The Morgan fingerprint density at radius 1 is 1.25 bits per heavy atom. The van der Waals surface area contributed by atoms with E-state index in [0.717, 1.165) is 30.2 Å². The van der Waals surface area contributed by atoms with E-state index in [0.29, 0.717) is 28.8 Å². The first-order valence-electron chi connectivity index (χ1n) is 11.9. The summed E-state index contributed by atoms with van der Waals surface area (Å²) in [6.07, 6.45) is 9.20. The molecule has 0 radical (unpaired) electrons. The number of aromatic nitrogens is 5. The minimum absolute atomic E-state index is 0.0245. The molecule has 2 aliphatic carbocycles. The Balaban J connectivity index is 1.48. The largest absolute Gasteiger partial charge is 0.382 e. The van der Waals surface area contributed by atoms with Gasteiger partial charge in [0.15, 0.2) is 5.82 Å². The third kappa shape index (κ3) is 3.13. The van der Waals surface area contributed by atoms with Gasteiger partial charge >= 0.3 is 0 Å². The van der Waals surface area contributed by atoms with Gasteiger partial charge < -0.3 is 20.5 Å². The highest BCUT2D eigenvalue weighted by molar-refractivity contribution is 5.97. The molecule has 1 aliphatic heterocycles. The number of nitrogens with two attached hydrogens (primary N) is 1. The van der Waals surface area contributed by atoms with Crippen molar-refractivity contribution in [1.29, 1.82) is 0 Å². The molecule has 3 aliphatic rings. The Hall–Kier alpha value is -2.81. The quantitative estimate of drug-likeness (QED) is 0.524. The van der Waals surface area contributed by atoms with Crippen LogP contribution in [-0.4, -0.2) is 50.7 Å². The lowest BCUT2D eigenvalue weighted by Gasteiger charge is -2.26. The smallest absolute Gasteiger partial charge is 0.264 e. The van der Waals surface area contributed by atoms with Crippen molar-refractivity contribution in [1.82, 2.24) is 29.9 Å². The molecule has 2 saturated carbocycles. The Morgan fingerprint density at radius 3 is 2.69 bits per heavy atom. The first kappa shape index (κ1) is 19.8. The molecule has 0 aromatic carbocycles. The zero-order valence-corrected chi connectivity index (χ0v) is 18.8. The third-order valence-electron chi connectivity index (χ3n) is 7.55. The molecular formula is C23H32N8O. The van der Waals surface area contributed by atoms with E-state index in [4.69, 9.17) is 10.8 Å². The van der Waals surface area contributed by atoms with E-state index in [2.05, 4.69) is 26.5 Å². The number of rotatable bonds is 7. The van der Waals surface area contributed by atoms with Crippen LogP contribution in [0.25, 0.3) is 22.2 Å². The summed E-state index contributed by atoms with van der Waals surface area (Å²) in [7, 11) is 4.00. The second-order valence-electron chi connectivity index (χ2n) is 9.84. The molecule has 0 unspecified atom stereocenters. The van der Waals surface area contributed by atoms with Crippen LogP contribution in [0.5, 0.6) is 0 Å². The SMILES string of the molecule is CNC[C@H]1CCCN1c1cc(-c2cn(C(C3CC3)C3CC3)c(=O)c3c(N)n[nH]c23)nn1C. The lowest BCUT2D eigenvalue weighted by Crippen LogP contribution is -2.37. The summed E-state index contributed by atoms with van der Waals surface area (Å²) in [6, 6.07) is 2.88. The predicted molar refractivity (Wildman–Crippen MR) is 126 cm³/mol. The summed E-state index contributed by atoms with van der Waals surface area (Å²) in [6.45, 7) is 1.99. The summed E-state index contributed by atoms with van der Waals surface area (Å²) >= 11 is 0. The van der Waals surface area contributed by atoms with Crippen molar-refractivity contribution in [2.45, 2.75) is 50.6 Å². The molecule has 4 heterocycles. The van der Waals surface area contributed by atoms with Gasteiger partial charge in [-0.3, -0.25) is 14.6 Å². The van der Waals surface area contributed by atoms with E-state index < -0.39 is 0 Å². The zero-order chi connectivity index (χ0) is 22.0. The normalized spacial score (nSPS) is 21.3. The van der Waals surface area contributed by atoms with Crippen molar-refractivity contribution < 1.29 is 0 Å². The molecule has 0 amide bonds. The summed E-state index contributed by atoms with van der Waals surface area (Å²) in [4.78, 5) is 15.9. The average Bonchev–Trinajstić information content (AvgIpc) is 3.67. The molecule has 1 atom stereocenters. The van der Waals surface area contributed by atoms with E-state index in [1.165, 1.54) is 38.5 Å². The number of anilines is 2. The molecule has 3 aromatic rings. The zero-order valence-electron chi connectivity index (χ0n) is 18.8. The van der Waals surface area contributed by atoms with Gasteiger partial charge in [0.05, 0.1) is 11.2 Å². The first-order chi connectivity index (χ1) is 15.6. The molecule has 6 rings (SSSR count). The average molecular weight is 437 g/mol. The Morgan fingerprint density at radius 2 is 2.00 bits per heavy atom. The van der Waals surface area contributed by atoms with Crippen LogP contribution in [0.4, 0.5) is 11.6 Å². The molecule has 170 valence electrons. The fraction of sp³-hybridized carbons (Fsp3) is 0.609. The molecule has 4 N–H and O–H groups in total. The van der Waals surface area contributed by atoms with Crippen LogP contribution < -0.4 is 21.5 Å². The maximum atomic E-state index is 13.5. The molecule has 0 spiro atoms. The minimum atomic E-state index is -0.0245. The number of fused-ring (bicyclic) bond motifs is 1. The Kier molecular flexibility index (Phi) is 4.57. The first-order valence-corrected chi connectivity index (χ1v) is 11.9. The van der Waals surface area contributed by atoms with Crippen molar-refractivity contribution in [3.05, 3.63) is 22.6 Å². The van der Waals surface area contributed by atoms with Crippen molar-refractivity contribution in [2.75, 3.05) is 30.8 Å². The van der Waals surface area contributed by atoms with Crippen LogP contribution >= 0.6 is 0 Å². The number of aryl methyl sites for hydroxylation is 1. The number of H-pyrrole nitrogens is 1. The fourth-order valence-electron chi connectivity index (χ4n) is 5.73. The van der Waals surface area contributed by atoms with E-state index in [1.807, 2.05) is 29.5 Å². The van der Waals surface area contributed by atoms with Gasteiger partial charge in [-0.15, -0.1) is 0 Å². The number of aromatic amines is 1. The molecular weight excluding hydrogens is 404 g/mol. The van der Waals surface area contributed by atoms with Crippen LogP contribution in [0.3, 0.4) is 0 Å². The Labute approximate surface area is 187 Å². The van der Waals surface area contributed by atoms with Crippen LogP contribution in [-0.2, 0) is 7.05 Å². The van der Waals surface area contributed by atoms with Crippen LogP contribution in [0.1, 0.15) is 44.6 Å². The predicted octanol–water partition coefficient (Wildman–Crippen LogP) is 2.26. The third-order valence-corrected chi connectivity index (χ3v) is 7.55. The summed E-state index contributed by atoms with van der Waals surface area (Å²) < 4.78 is 3.93. The van der Waals surface area contributed by atoms with Crippen molar-refractivity contribution in [2.24, 2.45) is 18.9 Å². The van der Waals surface area contributed by atoms with Crippen LogP contribution in [0.2, 0.25) is 0 Å². The number of likely N-dealkylation sites (N-methyl/N-ethyl adjacent to an activating group) is 1. The van der Waals surface area contributed by atoms with Crippen molar-refractivity contribution >= 4 is 22.5 Å². The fourth-order valence-corrected chi connectivity index (χ4v) is 5.73. The standard InChI is InChI=1S/C23H32N8O/c1-25-11-15-4-3-9-30(15)18-10-17(28-29(18)2)16-12-31(21(13-5-6-13)14-7-8-14)23(32)19-20(16)26-27-22(19)24/h10,12-15,21,25H,3-9,11H2,1-2H3,(H3,24,26,27)/t15-/m1/s1. The number of nitrogens with one attached hydrogen (secondary N) is 2. The topological polar surface area (TPSA) is 110 Å². The molecule has 3 fully saturated rings. The number of nitrogen functional groups attached to an aromatic ring is 1. The second kappa shape index (κ2) is 7.37. The monoisotopic (exact) mass is 436 g/mol. The maximum Gasteiger partial charge on any atom is 0.264 e. The minimum Gasteiger partial charge on any atom is -0.382 e. The maximum absolute atomic E-state index is 13.5. The van der Waals surface area contributed by atoms with Gasteiger partial charge in [-0.2, -0.15) is 10.2 Å². The summed E-state index contributed by atoms with van der Waals surface area (Å²) in [5, 5.41) is 15.9. The number of pyridine rings is 1. The van der Waals surface area contributed by atoms with Gasteiger partial charge in [-0.05, 0) is 57.4 Å². The van der Waals surface area contributed by atoms with E-state index >= 15 is 0 Å². The van der Waals surface area contributed by atoms with Gasteiger partial charge in [0.2, 0.25) is 0 Å². The highest BCUT2D eigenvalue weighted by Gasteiger charge is 2.43. The molecule has 1 saturated heterocycles. The summed E-state index contributed by atoms with van der Waals surface area (Å²) in [5.41, 5.74) is 8.58. The van der Waals surface area contributed by atoms with Crippen LogP contribution in [0.15, 0.2) is 17.1 Å². The second-order valence-corrected chi connectivity index (χ2v) is 9.84. The molecule has 32 heavy (non-hydrogen) atoms. The molecule has 9 nitrogen and oxygen atoms in total. The Bertz CT molecular complexity index is 1200. The van der Waals surface area contributed by atoms with Crippen LogP contribution in [0, 0.1) is 11.8 Å². The van der Waals surface area contributed by atoms with Gasteiger partial charge in [0.25, 0.3) is 5.56 Å². The highest BCUT2D eigenvalue weighted by Crippen LogP contribution is 2.52. The highest BCUT2D eigenvalue weighted by atomic mass is 16.1.